The molecule has 0 bridgehead atoms. The third kappa shape index (κ3) is 1.19. The van der Waals surface area contributed by atoms with Gasteiger partial charge in [-0.2, -0.15) is 0 Å². The van der Waals surface area contributed by atoms with E-state index in [0.717, 1.165) is 6.61 Å². The Balaban J connectivity index is 1.98. The number of thioether (sulfide) groups is 1. The van der Waals surface area contributed by atoms with Gasteiger partial charge >= 0.3 is 0 Å². The first-order chi connectivity index (χ1) is 4.91. The monoisotopic (exact) mass is 158 g/mol. The van der Waals surface area contributed by atoms with Crippen molar-refractivity contribution in [1.82, 2.24) is 0 Å². The van der Waals surface area contributed by atoms with Crippen molar-refractivity contribution in [2.75, 3.05) is 12.4 Å². The number of rotatable bonds is 0. The van der Waals surface area contributed by atoms with E-state index in [0.29, 0.717) is 0 Å². The van der Waals surface area contributed by atoms with Crippen LogP contribution in [0.2, 0.25) is 0 Å². The fraction of sp³-hybridized carbons (Fsp3) is 1.00. The van der Waals surface area contributed by atoms with Crippen LogP contribution in [-0.2, 0) is 4.74 Å². The van der Waals surface area contributed by atoms with E-state index < -0.39 is 0 Å². The summed E-state index contributed by atoms with van der Waals surface area (Å²) in [4.78, 5) is 0.290. The summed E-state index contributed by atoms with van der Waals surface area (Å²) < 4.78 is 5.74. The molecule has 1 saturated heterocycles. The molecule has 0 aromatic rings. The summed E-state index contributed by atoms with van der Waals surface area (Å²) in [5, 5.41) is 0. The SMILES string of the molecule is C1CCC2(CC1)OCCS2. The predicted octanol–water partition coefficient (Wildman–Crippen LogP) is 2.41. The van der Waals surface area contributed by atoms with Crippen LogP contribution in [0.1, 0.15) is 32.1 Å². The molecule has 2 rings (SSSR count). The lowest BCUT2D eigenvalue weighted by molar-refractivity contribution is 0.0240. The predicted molar refractivity (Wildman–Crippen MR) is 44.2 cm³/mol. The first kappa shape index (κ1) is 6.99. The second-order valence-corrected chi connectivity index (χ2v) is 4.61. The molecule has 1 aliphatic heterocycles. The van der Waals surface area contributed by atoms with E-state index >= 15 is 0 Å². The van der Waals surface area contributed by atoms with Crippen LogP contribution >= 0.6 is 11.8 Å². The maximum absolute atomic E-state index is 5.74. The lowest BCUT2D eigenvalue weighted by Gasteiger charge is -2.31. The second-order valence-electron chi connectivity index (χ2n) is 3.17. The van der Waals surface area contributed by atoms with Gasteiger partial charge in [0.15, 0.2) is 0 Å². The first-order valence-corrected chi connectivity index (χ1v) is 5.18. The number of hydrogen-bond donors (Lipinski definition) is 0. The third-order valence-corrected chi connectivity index (χ3v) is 3.85. The van der Waals surface area contributed by atoms with Gasteiger partial charge in [0, 0.05) is 5.75 Å². The average molecular weight is 158 g/mol. The quantitative estimate of drug-likeness (QED) is 0.535. The molecule has 1 nitrogen and oxygen atoms in total. The van der Waals surface area contributed by atoms with Crippen LogP contribution < -0.4 is 0 Å². The van der Waals surface area contributed by atoms with E-state index in [-0.39, 0.29) is 4.93 Å². The highest BCUT2D eigenvalue weighted by Crippen LogP contribution is 2.44. The topological polar surface area (TPSA) is 9.23 Å². The van der Waals surface area contributed by atoms with Gasteiger partial charge in [0.2, 0.25) is 0 Å². The molecule has 0 unspecified atom stereocenters. The summed E-state index contributed by atoms with van der Waals surface area (Å²) in [5.74, 6) is 1.22. The van der Waals surface area contributed by atoms with E-state index in [1.54, 1.807) is 0 Å². The molecule has 1 heterocycles. The van der Waals surface area contributed by atoms with Crippen LogP contribution in [0.3, 0.4) is 0 Å². The minimum Gasteiger partial charge on any atom is -0.363 e. The Morgan fingerprint density at radius 2 is 1.90 bits per heavy atom. The molecule has 0 aromatic heterocycles. The van der Waals surface area contributed by atoms with Crippen molar-refractivity contribution < 1.29 is 4.74 Å². The van der Waals surface area contributed by atoms with Gasteiger partial charge in [0.05, 0.1) is 6.61 Å². The van der Waals surface area contributed by atoms with Crippen LogP contribution in [-0.4, -0.2) is 17.3 Å². The highest BCUT2D eigenvalue weighted by Gasteiger charge is 2.36. The van der Waals surface area contributed by atoms with Crippen molar-refractivity contribution >= 4 is 11.8 Å². The summed E-state index contributed by atoms with van der Waals surface area (Å²) in [5.41, 5.74) is 0. The van der Waals surface area contributed by atoms with Gasteiger partial charge < -0.3 is 4.74 Å². The maximum atomic E-state index is 5.74. The van der Waals surface area contributed by atoms with Crippen molar-refractivity contribution in [3.63, 3.8) is 0 Å². The van der Waals surface area contributed by atoms with Gasteiger partial charge in [-0.15, -0.1) is 11.8 Å². The Hall–Kier alpha value is 0.310. The average Bonchev–Trinajstić information content (AvgIpc) is 2.39. The minimum absolute atomic E-state index is 0.290. The lowest BCUT2D eigenvalue weighted by Crippen LogP contribution is -2.26. The van der Waals surface area contributed by atoms with Crippen LogP contribution in [0.4, 0.5) is 0 Å². The molecule has 2 heteroatoms. The Kier molecular flexibility index (Phi) is 1.92. The number of ether oxygens (including phenoxy) is 1. The first-order valence-electron chi connectivity index (χ1n) is 4.19. The summed E-state index contributed by atoms with van der Waals surface area (Å²) >= 11 is 2.04. The Labute approximate surface area is 66.5 Å². The second kappa shape index (κ2) is 2.74. The Morgan fingerprint density at radius 1 is 1.10 bits per heavy atom. The van der Waals surface area contributed by atoms with Crippen molar-refractivity contribution in [1.29, 1.82) is 0 Å². The molecule has 1 saturated carbocycles. The highest BCUT2D eigenvalue weighted by molar-refractivity contribution is 8.00. The lowest BCUT2D eigenvalue weighted by atomic mass is 9.97. The molecule has 2 fully saturated rings. The Bertz CT molecular complexity index is 110. The third-order valence-electron chi connectivity index (χ3n) is 2.43. The van der Waals surface area contributed by atoms with Crippen LogP contribution in [0, 0.1) is 0 Å². The molecule has 0 N–H and O–H groups in total. The fourth-order valence-electron chi connectivity index (χ4n) is 1.88. The molecule has 0 radical (unpaired) electrons. The van der Waals surface area contributed by atoms with E-state index in [1.807, 2.05) is 11.8 Å². The van der Waals surface area contributed by atoms with Crippen LogP contribution in [0.15, 0.2) is 0 Å². The van der Waals surface area contributed by atoms with E-state index in [1.165, 1.54) is 37.9 Å². The molecule has 0 amide bonds. The van der Waals surface area contributed by atoms with Crippen molar-refractivity contribution in [2.45, 2.75) is 37.0 Å². The standard InChI is InChI=1S/C8H14OS/c1-2-4-8(5-3-1)9-6-7-10-8/h1-7H2. The maximum Gasteiger partial charge on any atom is 0.113 e. The fourth-order valence-corrected chi connectivity index (χ4v) is 3.16. The van der Waals surface area contributed by atoms with Gasteiger partial charge in [-0.3, -0.25) is 0 Å². The van der Waals surface area contributed by atoms with Gasteiger partial charge in [-0.05, 0) is 25.7 Å². The summed E-state index contributed by atoms with van der Waals surface area (Å²) in [6.07, 6.45) is 6.79. The zero-order chi connectivity index (χ0) is 6.86. The van der Waals surface area contributed by atoms with E-state index in [2.05, 4.69) is 0 Å². The zero-order valence-electron chi connectivity index (χ0n) is 6.27. The number of hydrogen-bond acceptors (Lipinski definition) is 2. The van der Waals surface area contributed by atoms with Crippen molar-refractivity contribution in [3.05, 3.63) is 0 Å². The molecule has 10 heavy (non-hydrogen) atoms. The Morgan fingerprint density at radius 3 is 2.50 bits per heavy atom. The smallest absolute Gasteiger partial charge is 0.113 e. The van der Waals surface area contributed by atoms with Crippen LogP contribution in [0.25, 0.3) is 0 Å². The van der Waals surface area contributed by atoms with Crippen molar-refractivity contribution in [3.8, 4) is 0 Å². The minimum atomic E-state index is 0.290. The normalized spacial score (nSPS) is 31.2. The molecular weight excluding hydrogens is 144 g/mol. The van der Waals surface area contributed by atoms with Gasteiger partial charge in [0.1, 0.15) is 4.93 Å². The molecule has 1 aliphatic carbocycles. The molecular formula is C8H14OS. The molecule has 58 valence electrons. The van der Waals surface area contributed by atoms with Crippen molar-refractivity contribution in [2.24, 2.45) is 0 Å². The van der Waals surface area contributed by atoms with E-state index in [9.17, 15) is 0 Å². The summed E-state index contributed by atoms with van der Waals surface area (Å²) in [7, 11) is 0. The van der Waals surface area contributed by atoms with Gasteiger partial charge in [-0.1, -0.05) is 6.42 Å². The summed E-state index contributed by atoms with van der Waals surface area (Å²) in [6, 6.07) is 0. The van der Waals surface area contributed by atoms with Crippen LogP contribution in [0.5, 0.6) is 0 Å². The molecule has 0 aromatic carbocycles. The highest BCUT2D eigenvalue weighted by atomic mass is 32.2. The largest absolute Gasteiger partial charge is 0.363 e. The molecule has 2 aliphatic rings. The van der Waals surface area contributed by atoms with E-state index in [4.69, 9.17) is 4.74 Å². The van der Waals surface area contributed by atoms with Gasteiger partial charge in [-0.25, -0.2) is 0 Å². The summed E-state index contributed by atoms with van der Waals surface area (Å²) in [6.45, 7) is 0.991. The molecule has 1 spiro atoms. The molecule has 0 atom stereocenters. The zero-order valence-corrected chi connectivity index (χ0v) is 7.08. The van der Waals surface area contributed by atoms with Gasteiger partial charge in [0.25, 0.3) is 0 Å².